The van der Waals surface area contributed by atoms with Gasteiger partial charge >= 0.3 is 73.7 Å². The van der Waals surface area contributed by atoms with E-state index in [0.717, 1.165) is 0 Å². The average Bonchev–Trinajstić information content (AvgIpc) is 1.41. The van der Waals surface area contributed by atoms with E-state index in [-0.39, 0.29) is 79.4 Å². The predicted octanol–water partition coefficient (Wildman–Crippen LogP) is -0.996. The number of rotatable bonds is 2. The molecule has 0 rings (SSSR count). The normalized spacial score (nSPS) is 4.00. The van der Waals surface area contributed by atoms with Crippen LogP contribution in [0, 0.1) is 0 Å². The van der Waals surface area contributed by atoms with E-state index in [1.54, 1.807) is 0 Å². The van der Waals surface area contributed by atoms with Crippen LogP contribution in [0.5, 0.6) is 0 Å². The van der Waals surface area contributed by atoms with Crippen molar-refractivity contribution in [3.05, 3.63) is 0 Å². The Kier molecular flexibility index (Phi) is 35.2. The molecular weight excluding hydrogens is 136 g/mol. The largest absolute Gasteiger partial charge is 2.00 e. The van der Waals surface area contributed by atoms with Gasteiger partial charge in [0, 0.05) is 0 Å². The van der Waals surface area contributed by atoms with E-state index >= 15 is 0 Å². The molecule has 0 bridgehead atoms. The zero-order chi connectivity index (χ0) is 4.12. The van der Waals surface area contributed by atoms with Crippen LogP contribution in [0.2, 0.25) is 0 Å². The summed E-state index contributed by atoms with van der Waals surface area (Å²) in [5.41, 5.74) is 0. The Labute approximate surface area is 92.9 Å². The van der Waals surface area contributed by atoms with Crippen LogP contribution in [-0.2, 0) is 14.3 Å². The maximum Gasteiger partial charge on any atom is 2.00 e. The summed E-state index contributed by atoms with van der Waals surface area (Å²) in [6.07, 6.45) is 0. The van der Waals surface area contributed by atoms with Gasteiger partial charge in [-0.3, -0.25) is 9.59 Å². The molecule has 0 aliphatic carbocycles. The fourth-order valence-corrected chi connectivity index (χ4v) is 0.0227. The first-order chi connectivity index (χ1) is 2.41. The standard InChI is InChI=1S/C2H2O3.Ca.Mg.4H/c3-1-5-2-4;;;;;;/h1-2H;;;;;;/q;2*+2;4*-1. The molecule has 0 aromatic heterocycles. The van der Waals surface area contributed by atoms with Gasteiger partial charge < -0.3 is 10.4 Å². The van der Waals surface area contributed by atoms with Crippen molar-refractivity contribution in [1.82, 2.24) is 0 Å². The molecule has 0 aliphatic heterocycles. The molecule has 5 heteroatoms. The first kappa shape index (κ1) is 15.7. The molecule has 0 N–H and O–H groups in total. The zero-order valence-electron chi connectivity index (χ0n) is 7.79. The van der Waals surface area contributed by atoms with Crippen LogP contribution in [0.25, 0.3) is 0 Å². The van der Waals surface area contributed by atoms with Gasteiger partial charge in [0.25, 0.3) is 0 Å². The van der Waals surface area contributed by atoms with Crippen molar-refractivity contribution >= 4 is 73.7 Å². The molecular formula is C2H6CaMgO3. The third kappa shape index (κ3) is 19.1. The van der Waals surface area contributed by atoms with Gasteiger partial charge in [-0.15, -0.1) is 0 Å². The third-order valence-corrected chi connectivity index (χ3v) is 0.111. The summed E-state index contributed by atoms with van der Waals surface area (Å²) in [7, 11) is 0. The van der Waals surface area contributed by atoms with Crippen LogP contribution in [0.1, 0.15) is 5.71 Å². The maximum atomic E-state index is 8.95. The van der Waals surface area contributed by atoms with Crippen molar-refractivity contribution in [2.45, 2.75) is 0 Å². The van der Waals surface area contributed by atoms with Crippen LogP contribution < -0.4 is 0 Å². The smallest absolute Gasteiger partial charge is 1.00 e. The molecule has 0 radical (unpaired) electrons. The summed E-state index contributed by atoms with van der Waals surface area (Å²) in [6.45, 7) is 0.125. The summed E-state index contributed by atoms with van der Waals surface area (Å²) in [5, 5.41) is 0. The van der Waals surface area contributed by atoms with E-state index in [1.807, 2.05) is 0 Å². The second-order valence-electron chi connectivity index (χ2n) is 0.329. The van der Waals surface area contributed by atoms with Gasteiger partial charge in [-0.2, -0.15) is 0 Å². The second kappa shape index (κ2) is 15.7. The Morgan fingerprint density at radius 2 is 1.57 bits per heavy atom. The fourth-order valence-electron chi connectivity index (χ4n) is 0.0227. The molecule has 0 aromatic carbocycles. The zero-order valence-corrected chi connectivity index (χ0v) is 7.42. The first-order valence-electron chi connectivity index (χ1n) is 0.943. The summed E-state index contributed by atoms with van der Waals surface area (Å²) in [5.74, 6) is 0. The molecule has 0 unspecified atom stereocenters. The van der Waals surface area contributed by atoms with Crippen molar-refractivity contribution < 1.29 is 20.0 Å². The van der Waals surface area contributed by atoms with E-state index < -0.39 is 0 Å². The number of hydrogen-bond donors (Lipinski definition) is 0. The van der Waals surface area contributed by atoms with Crippen LogP contribution in [0.15, 0.2) is 0 Å². The number of carbonyl (C=O) groups is 2. The van der Waals surface area contributed by atoms with Crippen LogP contribution in [-0.4, -0.2) is 73.7 Å². The molecule has 0 amide bonds. The van der Waals surface area contributed by atoms with Gasteiger partial charge in [-0.1, -0.05) is 0 Å². The number of hydrogen-bond acceptors (Lipinski definition) is 3. The molecule has 0 aromatic rings. The van der Waals surface area contributed by atoms with Crippen LogP contribution in [0.4, 0.5) is 0 Å². The summed E-state index contributed by atoms with van der Waals surface area (Å²) < 4.78 is 3.47. The molecule has 0 aliphatic rings. The molecule has 0 atom stereocenters. The van der Waals surface area contributed by atoms with E-state index in [2.05, 4.69) is 4.74 Å². The van der Waals surface area contributed by atoms with Crippen molar-refractivity contribution in [3.8, 4) is 0 Å². The summed E-state index contributed by atoms with van der Waals surface area (Å²) >= 11 is 0. The number of ether oxygens (including phenoxy) is 1. The molecule has 36 valence electrons. The maximum absolute atomic E-state index is 8.95. The minimum absolute atomic E-state index is 0. The predicted molar refractivity (Wildman–Crippen MR) is 29.2 cm³/mol. The molecule has 0 heterocycles. The fraction of sp³-hybridized carbons (Fsp3) is 0. The summed E-state index contributed by atoms with van der Waals surface area (Å²) in [4.78, 5) is 17.9. The van der Waals surface area contributed by atoms with Crippen molar-refractivity contribution in [2.24, 2.45) is 0 Å². The first-order valence-corrected chi connectivity index (χ1v) is 0.943. The topological polar surface area (TPSA) is 43.4 Å². The van der Waals surface area contributed by atoms with Crippen molar-refractivity contribution in [3.63, 3.8) is 0 Å². The Morgan fingerprint density at radius 3 is 1.57 bits per heavy atom. The third-order valence-electron chi connectivity index (χ3n) is 0.111. The van der Waals surface area contributed by atoms with Crippen molar-refractivity contribution in [2.75, 3.05) is 0 Å². The van der Waals surface area contributed by atoms with Gasteiger partial charge in [-0.05, 0) is 0 Å². The van der Waals surface area contributed by atoms with Gasteiger partial charge in [0.2, 0.25) is 0 Å². The average molecular weight is 142 g/mol. The molecule has 7 heavy (non-hydrogen) atoms. The van der Waals surface area contributed by atoms with E-state index in [9.17, 15) is 0 Å². The molecule has 0 saturated heterocycles. The SMILES string of the molecule is O=COC=O.[Ca+2].[H-].[H-].[H-].[H-].[Mg+2]. The minimum Gasteiger partial charge on any atom is -1.00 e. The molecule has 0 saturated carbocycles. The Morgan fingerprint density at radius 1 is 1.29 bits per heavy atom. The van der Waals surface area contributed by atoms with Gasteiger partial charge in [0.1, 0.15) is 0 Å². The minimum atomic E-state index is 0. The second-order valence-corrected chi connectivity index (χ2v) is 0.329. The van der Waals surface area contributed by atoms with E-state index in [0.29, 0.717) is 0 Å². The molecule has 0 spiro atoms. The van der Waals surface area contributed by atoms with Gasteiger partial charge in [0.05, 0.1) is 0 Å². The van der Waals surface area contributed by atoms with E-state index in [1.165, 1.54) is 0 Å². The van der Waals surface area contributed by atoms with Crippen LogP contribution >= 0.6 is 0 Å². The molecule has 0 fully saturated rings. The van der Waals surface area contributed by atoms with Crippen molar-refractivity contribution in [1.29, 1.82) is 0 Å². The molecule has 3 nitrogen and oxygen atoms in total. The van der Waals surface area contributed by atoms with Gasteiger partial charge in [-0.25, -0.2) is 0 Å². The summed E-state index contributed by atoms with van der Waals surface area (Å²) in [6, 6.07) is 0. The monoisotopic (exact) mass is 142 g/mol. The Balaban J connectivity index is -0.00000000533. The Hall–Kier alpha value is 1.17. The van der Waals surface area contributed by atoms with E-state index in [4.69, 9.17) is 9.59 Å². The van der Waals surface area contributed by atoms with Gasteiger partial charge in [0.15, 0.2) is 0 Å². The van der Waals surface area contributed by atoms with Crippen LogP contribution in [0.3, 0.4) is 0 Å². The number of carbonyl (C=O) groups excluding carboxylic acids is 2. The Bertz CT molecular complexity index is 52.6. The quantitative estimate of drug-likeness (QED) is 0.282.